The van der Waals surface area contributed by atoms with E-state index in [1.54, 1.807) is 11.0 Å². The summed E-state index contributed by atoms with van der Waals surface area (Å²) in [7, 11) is 0. The van der Waals surface area contributed by atoms with Crippen molar-refractivity contribution >= 4 is 23.2 Å². The molecule has 0 saturated heterocycles. The molecule has 0 bridgehead atoms. The lowest BCUT2D eigenvalue weighted by Gasteiger charge is -2.19. The summed E-state index contributed by atoms with van der Waals surface area (Å²) in [5.41, 5.74) is 3.46. The molecule has 24 heavy (non-hydrogen) atoms. The lowest BCUT2D eigenvalue weighted by atomic mass is 10.0. The number of halogens is 2. The van der Waals surface area contributed by atoms with E-state index >= 15 is 0 Å². The van der Waals surface area contributed by atoms with Gasteiger partial charge in [0.25, 0.3) is 0 Å². The molecule has 1 heterocycles. The van der Waals surface area contributed by atoms with Crippen LogP contribution in [0.15, 0.2) is 55.1 Å². The van der Waals surface area contributed by atoms with Gasteiger partial charge in [-0.25, -0.2) is 9.67 Å². The van der Waals surface area contributed by atoms with Crippen molar-refractivity contribution in [2.24, 2.45) is 0 Å². The van der Waals surface area contributed by atoms with E-state index in [9.17, 15) is 0 Å². The van der Waals surface area contributed by atoms with E-state index in [-0.39, 0.29) is 5.54 Å². The van der Waals surface area contributed by atoms with Crippen molar-refractivity contribution in [3.05, 3.63) is 76.3 Å². The number of hydrogen-bond acceptors (Lipinski definition) is 3. The normalized spacial score (nSPS) is 15.4. The Balaban J connectivity index is 1.45. The molecule has 0 radical (unpaired) electrons. The molecule has 0 amide bonds. The molecule has 3 aromatic rings. The molecule has 4 nitrogen and oxygen atoms in total. The summed E-state index contributed by atoms with van der Waals surface area (Å²) in [6.45, 7) is 0.803. The molecule has 4 rings (SSSR count). The second-order valence-corrected chi connectivity index (χ2v) is 6.89. The molecule has 0 aliphatic heterocycles. The van der Waals surface area contributed by atoms with Crippen LogP contribution in [0, 0.1) is 0 Å². The Kier molecular flexibility index (Phi) is 4.04. The van der Waals surface area contributed by atoms with Gasteiger partial charge < -0.3 is 5.32 Å². The number of nitrogens with one attached hydrogen (secondary N) is 1. The van der Waals surface area contributed by atoms with Gasteiger partial charge in [-0.1, -0.05) is 41.4 Å². The fourth-order valence-electron chi connectivity index (χ4n) is 2.87. The van der Waals surface area contributed by atoms with Crippen molar-refractivity contribution in [1.82, 2.24) is 20.1 Å². The van der Waals surface area contributed by atoms with E-state index < -0.39 is 0 Å². The van der Waals surface area contributed by atoms with Crippen LogP contribution in [-0.4, -0.2) is 14.8 Å². The van der Waals surface area contributed by atoms with E-state index in [2.05, 4.69) is 33.6 Å². The summed E-state index contributed by atoms with van der Waals surface area (Å²) in [6, 6.07) is 14.2. The molecule has 0 spiro atoms. The van der Waals surface area contributed by atoms with Crippen LogP contribution in [0.1, 0.15) is 24.0 Å². The fraction of sp³-hybridized carbons (Fsp3) is 0.222. The Morgan fingerprint density at radius 2 is 1.83 bits per heavy atom. The predicted molar refractivity (Wildman–Crippen MR) is 95.6 cm³/mol. The van der Waals surface area contributed by atoms with Crippen molar-refractivity contribution in [2.45, 2.75) is 24.9 Å². The van der Waals surface area contributed by atoms with Gasteiger partial charge in [0.05, 0.1) is 15.7 Å². The molecule has 1 aromatic heterocycles. The second kappa shape index (κ2) is 6.20. The molecule has 1 saturated carbocycles. The average molecular weight is 359 g/mol. The minimum atomic E-state index is 0.0266. The molecular formula is C18H16Cl2N4. The topological polar surface area (TPSA) is 42.7 Å². The second-order valence-electron chi connectivity index (χ2n) is 6.07. The van der Waals surface area contributed by atoms with Gasteiger partial charge in [0.15, 0.2) is 0 Å². The summed E-state index contributed by atoms with van der Waals surface area (Å²) < 4.78 is 1.75. The Morgan fingerprint density at radius 3 is 2.46 bits per heavy atom. The Hall–Kier alpha value is -1.88. The first kappa shape index (κ1) is 15.6. The lowest BCUT2D eigenvalue weighted by Crippen LogP contribution is -2.28. The number of nitrogens with zero attached hydrogens (tertiary/aromatic N) is 3. The third-order valence-corrected chi connectivity index (χ3v) is 5.21. The van der Waals surface area contributed by atoms with Gasteiger partial charge in [0.1, 0.15) is 12.7 Å². The minimum Gasteiger partial charge on any atom is -0.303 e. The van der Waals surface area contributed by atoms with Gasteiger partial charge in [0, 0.05) is 12.1 Å². The highest BCUT2D eigenvalue weighted by atomic mass is 35.5. The Labute approximate surface area is 150 Å². The van der Waals surface area contributed by atoms with Gasteiger partial charge in [0.2, 0.25) is 0 Å². The van der Waals surface area contributed by atoms with Crippen molar-refractivity contribution in [3.63, 3.8) is 0 Å². The Bertz CT molecular complexity index is 840. The Morgan fingerprint density at radius 1 is 1.04 bits per heavy atom. The maximum Gasteiger partial charge on any atom is 0.138 e. The number of hydrogen-bond donors (Lipinski definition) is 1. The quantitative estimate of drug-likeness (QED) is 0.736. The summed E-state index contributed by atoms with van der Waals surface area (Å²) >= 11 is 12.2. The highest BCUT2D eigenvalue weighted by molar-refractivity contribution is 6.42. The summed E-state index contributed by atoms with van der Waals surface area (Å²) in [5.74, 6) is 0. The summed E-state index contributed by atoms with van der Waals surface area (Å²) in [6.07, 6.45) is 5.45. The van der Waals surface area contributed by atoms with E-state index in [1.807, 2.05) is 24.3 Å². The van der Waals surface area contributed by atoms with Crippen molar-refractivity contribution in [3.8, 4) is 5.69 Å². The highest BCUT2D eigenvalue weighted by Crippen LogP contribution is 2.46. The maximum atomic E-state index is 6.16. The molecule has 2 aromatic carbocycles. The molecule has 0 atom stereocenters. The van der Waals surface area contributed by atoms with E-state index in [0.29, 0.717) is 10.0 Å². The van der Waals surface area contributed by atoms with Gasteiger partial charge in [-0.05, 0) is 48.2 Å². The third-order valence-electron chi connectivity index (χ3n) is 4.47. The molecule has 1 N–H and O–H groups in total. The highest BCUT2D eigenvalue weighted by Gasteiger charge is 2.43. The standard InChI is InChI=1S/C18H16Cl2N4/c19-16-6-3-14(9-17(16)20)18(7-8-18)22-10-13-1-4-15(5-2-13)24-12-21-11-23-24/h1-6,9,11-12,22H,7-8,10H2. The zero-order valence-corrected chi connectivity index (χ0v) is 14.4. The minimum absolute atomic E-state index is 0.0266. The predicted octanol–water partition coefficient (Wildman–Crippen LogP) is 4.35. The van der Waals surface area contributed by atoms with Crippen LogP contribution < -0.4 is 5.32 Å². The third kappa shape index (κ3) is 3.05. The van der Waals surface area contributed by atoms with Crippen LogP contribution in [0.5, 0.6) is 0 Å². The number of benzene rings is 2. The molecular weight excluding hydrogens is 343 g/mol. The smallest absolute Gasteiger partial charge is 0.138 e. The lowest BCUT2D eigenvalue weighted by molar-refractivity contribution is 0.519. The maximum absolute atomic E-state index is 6.16. The van der Waals surface area contributed by atoms with Gasteiger partial charge >= 0.3 is 0 Å². The summed E-state index contributed by atoms with van der Waals surface area (Å²) in [5, 5.41) is 9.01. The molecule has 6 heteroatoms. The van der Waals surface area contributed by atoms with Crippen LogP contribution in [-0.2, 0) is 12.1 Å². The first-order valence-corrected chi connectivity index (χ1v) is 8.56. The zero-order chi connectivity index (χ0) is 16.6. The first-order chi connectivity index (χ1) is 11.7. The number of aromatic nitrogens is 3. The van der Waals surface area contributed by atoms with Crippen molar-refractivity contribution < 1.29 is 0 Å². The van der Waals surface area contributed by atoms with E-state index in [4.69, 9.17) is 23.2 Å². The first-order valence-electron chi connectivity index (χ1n) is 7.81. The van der Waals surface area contributed by atoms with E-state index in [0.717, 1.165) is 25.1 Å². The van der Waals surface area contributed by atoms with Gasteiger partial charge in [-0.15, -0.1) is 0 Å². The van der Waals surface area contributed by atoms with Gasteiger partial charge in [-0.2, -0.15) is 5.10 Å². The average Bonchev–Trinajstić information content (AvgIpc) is 3.19. The van der Waals surface area contributed by atoms with Crippen molar-refractivity contribution in [1.29, 1.82) is 0 Å². The monoisotopic (exact) mass is 358 g/mol. The zero-order valence-electron chi connectivity index (χ0n) is 12.9. The SMILES string of the molecule is Clc1ccc(C2(NCc3ccc(-n4cncn4)cc3)CC2)cc1Cl. The van der Waals surface area contributed by atoms with Crippen LogP contribution in [0.4, 0.5) is 0 Å². The molecule has 1 aliphatic carbocycles. The largest absolute Gasteiger partial charge is 0.303 e. The van der Waals surface area contributed by atoms with Crippen LogP contribution in [0.25, 0.3) is 5.69 Å². The van der Waals surface area contributed by atoms with Crippen LogP contribution >= 0.6 is 23.2 Å². The fourth-order valence-corrected chi connectivity index (χ4v) is 3.16. The van der Waals surface area contributed by atoms with E-state index in [1.165, 1.54) is 17.5 Å². The van der Waals surface area contributed by atoms with Crippen LogP contribution in [0.2, 0.25) is 10.0 Å². The van der Waals surface area contributed by atoms with Gasteiger partial charge in [-0.3, -0.25) is 0 Å². The molecule has 1 fully saturated rings. The number of rotatable bonds is 5. The summed E-state index contributed by atoms with van der Waals surface area (Å²) in [4.78, 5) is 3.96. The molecule has 1 aliphatic rings. The molecule has 122 valence electrons. The molecule has 0 unspecified atom stereocenters. The van der Waals surface area contributed by atoms with Crippen LogP contribution in [0.3, 0.4) is 0 Å². The van der Waals surface area contributed by atoms with Crippen molar-refractivity contribution in [2.75, 3.05) is 0 Å².